The number of nitrogens with two attached hydrogens (primary N) is 1. The Morgan fingerprint density at radius 3 is 2.33 bits per heavy atom. The molecule has 1 nitrogen and oxygen atoms in total. The van der Waals surface area contributed by atoms with Gasteiger partial charge in [0.2, 0.25) is 0 Å². The molecule has 1 heterocycles. The Labute approximate surface area is 97.7 Å². The summed E-state index contributed by atoms with van der Waals surface area (Å²) >= 11 is 1.94. The Morgan fingerprint density at radius 1 is 1.33 bits per heavy atom. The van der Waals surface area contributed by atoms with Gasteiger partial charge in [0, 0.05) is 9.75 Å². The molecule has 0 spiro atoms. The van der Waals surface area contributed by atoms with E-state index in [1.807, 2.05) is 11.3 Å². The van der Waals surface area contributed by atoms with Crippen molar-refractivity contribution < 1.29 is 0 Å². The van der Waals surface area contributed by atoms with Crippen LogP contribution in [-0.4, -0.2) is 6.54 Å². The number of aryl methyl sites for hydroxylation is 1. The largest absolute Gasteiger partial charge is 0.330 e. The average Bonchev–Trinajstić information content (AvgIpc) is 2.65. The zero-order valence-corrected chi connectivity index (χ0v) is 11.2. The molecule has 0 aliphatic carbocycles. The molecular formula is C13H23NS. The highest BCUT2D eigenvalue weighted by Crippen LogP contribution is 2.32. The third kappa shape index (κ3) is 3.05. The van der Waals surface area contributed by atoms with Gasteiger partial charge in [-0.15, -0.1) is 11.3 Å². The first-order valence-electron chi connectivity index (χ1n) is 5.79. The van der Waals surface area contributed by atoms with E-state index in [0.29, 0.717) is 5.92 Å². The van der Waals surface area contributed by atoms with Crippen molar-refractivity contribution >= 4 is 11.3 Å². The van der Waals surface area contributed by atoms with Crippen molar-refractivity contribution in [2.45, 2.75) is 40.5 Å². The van der Waals surface area contributed by atoms with E-state index >= 15 is 0 Å². The number of rotatable bonds is 5. The molecule has 0 bridgehead atoms. The average molecular weight is 225 g/mol. The quantitative estimate of drug-likeness (QED) is 0.816. The van der Waals surface area contributed by atoms with E-state index in [2.05, 4.69) is 39.8 Å². The van der Waals surface area contributed by atoms with E-state index in [9.17, 15) is 0 Å². The van der Waals surface area contributed by atoms with Crippen LogP contribution < -0.4 is 5.73 Å². The third-order valence-corrected chi connectivity index (χ3v) is 4.73. The summed E-state index contributed by atoms with van der Waals surface area (Å²) in [5, 5.41) is 0. The van der Waals surface area contributed by atoms with E-state index < -0.39 is 0 Å². The molecule has 1 aromatic rings. The molecule has 1 atom stereocenters. The lowest BCUT2D eigenvalue weighted by Crippen LogP contribution is -2.34. The molecule has 1 unspecified atom stereocenters. The van der Waals surface area contributed by atoms with E-state index in [1.165, 1.54) is 9.75 Å². The molecule has 0 saturated carbocycles. The van der Waals surface area contributed by atoms with Gasteiger partial charge >= 0.3 is 0 Å². The second kappa shape index (κ2) is 5.13. The van der Waals surface area contributed by atoms with Crippen LogP contribution >= 0.6 is 11.3 Å². The van der Waals surface area contributed by atoms with Crippen LogP contribution in [0.5, 0.6) is 0 Å². The highest BCUT2D eigenvalue weighted by atomic mass is 32.1. The van der Waals surface area contributed by atoms with Crippen LogP contribution in [0.25, 0.3) is 0 Å². The maximum absolute atomic E-state index is 5.90. The molecule has 0 fully saturated rings. The van der Waals surface area contributed by atoms with Crippen LogP contribution in [0.4, 0.5) is 0 Å². The van der Waals surface area contributed by atoms with Crippen LogP contribution in [0.1, 0.15) is 37.4 Å². The summed E-state index contributed by atoms with van der Waals surface area (Å²) in [6.07, 6.45) is 2.26. The van der Waals surface area contributed by atoms with Crippen molar-refractivity contribution in [1.82, 2.24) is 0 Å². The molecule has 2 N–H and O–H groups in total. The molecule has 0 radical (unpaired) electrons. The molecule has 2 heteroatoms. The third-order valence-electron chi connectivity index (χ3n) is 3.50. The topological polar surface area (TPSA) is 26.0 Å². The summed E-state index contributed by atoms with van der Waals surface area (Å²) in [4.78, 5) is 2.96. The lowest BCUT2D eigenvalue weighted by molar-refractivity contribution is 0.229. The lowest BCUT2D eigenvalue weighted by atomic mass is 9.76. The standard InChI is InChI=1S/C13H23NS/c1-5-11-6-7-12(15-11)8-13(4,9-14)10(2)3/h6-7,10H,5,8-9,14H2,1-4H3. The van der Waals surface area contributed by atoms with Crippen molar-refractivity contribution in [3.63, 3.8) is 0 Å². The molecule has 0 aliphatic rings. The molecule has 0 saturated heterocycles. The predicted molar refractivity (Wildman–Crippen MR) is 69.4 cm³/mol. The van der Waals surface area contributed by atoms with E-state index in [4.69, 9.17) is 5.73 Å². The molecule has 86 valence electrons. The van der Waals surface area contributed by atoms with Crippen molar-refractivity contribution in [3.05, 3.63) is 21.9 Å². The number of hydrogen-bond donors (Lipinski definition) is 1. The minimum absolute atomic E-state index is 0.246. The Kier molecular flexibility index (Phi) is 4.35. The van der Waals surface area contributed by atoms with Gasteiger partial charge in [-0.3, -0.25) is 0 Å². The van der Waals surface area contributed by atoms with Crippen LogP contribution in [0.15, 0.2) is 12.1 Å². The summed E-state index contributed by atoms with van der Waals surface area (Å²) in [5.41, 5.74) is 6.15. The fraction of sp³-hybridized carbons (Fsp3) is 0.692. The maximum atomic E-state index is 5.90. The molecule has 0 aliphatic heterocycles. The second-order valence-corrected chi connectivity index (χ2v) is 6.16. The summed E-state index contributed by atoms with van der Waals surface area (Å²) in [7, 11) is 0. The molecule has 15 heavy (non-hydrogen) atoms. The summed E-state index contributed by atoms with van der Waals surface area (Å²) in [5.74, 6) is 0.634. The fourth-order valence-corrected chi connectivity index (χ4v) is 2.77. The SMILES string of the molecule is CCc1ccc(CC(C)(CN)C(C)C)s1. The second-order valence-electron chi connectivity index (χ2n) is 4.91. The fourth-order valence-electron chi connectivity index (χ4n) is 1.62. The highest BCUT2D eigenvalue weighted by molar-refractivity contribution is 7.11. The zero-order valence-electron chi connectivity index (χ0n) is 10.3. The van der Waals surface area contributed by atoms with E-state index in [-0.39, 0.29) is 5.41 Å². The van der Waals surface area contributed by atoms with E-state index in [1.54, 1.807) is 0 Å². The Hall–Kier alpha value is -0.340. The van der Waals surface area contributed by atoms with E-state index in [0.717, 1.165) is 19.4 Å². The molecule has 1 aromatic heterocycles. The summed E-state index contributed by atoms with van der Waals surface area (Å²) in [6.45, 7) is 9.80. The van der Waals surface area contributed by atoms with Gasteiger partial charge < -0.3 is 5.73 Å². The van der Waals surface area contributed by atoms with Gasteiger partial charge in [-0.25, -0.2) is 0 Å². The predicted octanol–water partition coefficient (Wildman–Crippen LogP) is 3.47. The van der Waals surface area contributed by atoms with Gasteiger partial charge in [0.25, 0.3) is 0 Å². The van der Waals surface area contributed by atoms with Gasteiger partial charge in [0.05, 0.1) is 0 Å². The zero-order chi connectivity index (χ0) is 11.5. The van der Waals surface area contributed by atoms with Crippen molar-refractivity contribution in [2.75, 3.05) is 6.54 Å². The first-order valence-corrected chi connectivity index (χ1v) is 6.61. The van der Waals surface area contributed by atoms with Gasteiger partial charge in [-0.2, -0.15) is 0 Å². The van der Waals surface area contributed by atoms with Crippen LogP contribution in [-0.2, 0) is 12.8 Å². The molecular weight excluding hydrogens is 202 g/mol. The van der Waals surface area contributed by atoms with Crippen LogP contribution in [0.2, 0.25) is 0 Å². The van der Waals surface area contributed by atoms with Crippen molar-refractivity contribution in [3.8, 4) is 0 Å². The van der Waals surface area contributed by atoms with Gasteiger partial charge in [0.15, 0.2) is 0 Å². The normalized spacial score (nSPS) is 15.6. The maximum Gasteiger partial charge on any atom is 0.00541 e. The van der Waals surface area contributed by atoms with Crippen LogP contribution in [0, 0.1) is 11.3 Å². The molecule has 0 aromatic carbocycles. The van der Waals surface area contributed by atoms with Gasteiger partial charge in [-0.05, 0) is 42.9 Å². The summed E-state index contributed by atoms with van der Waals surface area (Å²) in [6, 6.07) is 4.51. The van der Waals surface area contributed by atoms with Gasteiger partial charge in [0.1, 0.15) is 0 Å². The Bertz CT molecular complexity index is 303. The first-order chi connectivity index (χ1) is 7.01. The minimum Gasteiger partial charge on any atom is -0.330 e. The van der Waals surface area contributed by atoms with Crippen molar-refractivity contribution in [2.24, 2.45) is 17.1 Å². The Morgan fingerprint density at radius 2 is 1.93 bits per heavy atom. The first kappa shape index (κ1) is 12.7. The van der Waals surface area contributed by atoms with Crippen LogP contribution in [0.3, 0.4) is 0 Å². The molecule has 0 amide bonds. The molecule has 1 rings (SSSR count). The summed E-state index contributed by atoms with van der Waals surface area (Å²) < 4.78 is 0. The Balaban J connectivity index is 2.74. The van der Waals surface area contributed by atoms with Crippen molar-refractivity contribution in [1.29, 1.82) is 0 Å². The highest BCUT2D eigenvalue weighted by Gasteiger charge is 2.27. The minimum atomic E-state index is 0.246. The van der Waals surface area contributed by atoms with Gasteiger partial charge in [-0.1, -0.05) is 27.7 Å². The smallest absolute Gasteiger partial charge is 0.00541 e. The lowest BCUT2D eigenvalue weighted by Gasteiger charge is -2.32. The monoisotopic (exact) mass is 225 g/mol. The number of thiophene rings is 1. The number of hydrogen-bond acceptors (Lipinski definition) is 2.